The van der Waals surface area contributed by atoms with Crippen molar-refractivity contribution in [3.05, 3.63) is 12.2 Å². The molecule has 0 bridgehead atoms. The third kappa shape index (κ3) is 19.3. The minimum atomic E-state index is -4.19. The van der Waals surface area contributed by atoms with Crippen molar-refractivity contribution in [2.75, 3.05) is 6.61 Å². The lowest BCUT2D eigenvalue weighted by Crippen LogP contribution is -1.94. The topological polar surface area (TPSA) is 113 Å². The largest absolute Gasteiger partial charge is 0.499 e. The summed E-state index contributed by atoms with van der Waals surface area (Å²) in [6, 6.07) is 0. The summed E-state index contributed by atoms with van der Waals surface area (Å²) in [6.45, 7) is 6.93. The van der Waals surface area contributed by atoms with Gasteiger partial charge in [0.1, 0.15) is 0 Å². The summed E-state index contributed by atoms with van der Waals surface area (Å²) < 4.78 is 18.4. The highest BCUT2D eigenvalue weighted by molar-refractivity contribution is 7.47. The number of hydrogen-bond donors (Lipinski definition) is 3. The van der Waals surface area contributed by atoms with E-state index < -0.39 is 13.8 Å². The van der Waals surface area contributed by atoms with Gasteiger partial charge in [0.05, 0.1) is 6.61 Å². The maximum atomic E-state index is 10.7. The van der Waals surface area contributed by atoms with Crippen LogP contribution in [0.5, 0.6) is 0 Å². The third-order valence-corrected chi connectivity index (χ3v) is 3.44. The molecule has 0 rings (SSSR count). The lowest BCUT2D eigenvalue weighted by Gasteiger charge is -2.06. The quantitative estimate of drug-likeness (QED) is 0.159. The molecule has 0 aromatic heterocycles. The van der Waals surface area contributed by atoms with E-state index >= 15 is 0 Å². The van der Waals surface area contributed by atoms with Crippen molar-refractivity contribution in [2.24, 2.45) is 0 Å². The minimum Gasteiger partial charge on any atom is -0.478 e. The molecule has 0 fully saturated rings. The molecule has 0 spiro atoms. The van der Waals surface area contributed by atoms with Crippen molar-refractivity contribution in [1.29, 1.82) is 0 Å². The Morgan fingerprint density at radius 1 is 1.09 bits per heavy atom. The Bertz CT molecular complexity index is 332. The van der Waals surface area contributed by atoms with Crippen LogP contribution in [-0.4, -0.2) is 27.8 Å². The number of rotatable bonds is 12. The predicted octanol–water partition coefficient (Wildman–Crippen LogP) is 4.38. The molecule has 3 N–H and O–H groups in total. The molecule has 8 heteroatoms. The summed E-state index contributed by atoms with van der Waals surface area (Å²) in [4.78, 5) is 18.3. The maximum absolute atomic E-state index is 10.7. The Labute approximate surface area is 132 Å². The van der Waals surface area contributed by atoms with Crippen molar-refractivity contribution in [1.82, 2.24) is 0 Å². The van der Waals surface area contributed by atoms with Gasteiger partial charge in [-0.3, -0.25) is 4.52 Å². The SMILES string of the molecule is C=C(C)C(=O)O.CCCCCCCCCCOP(=O)(O)OO. The number of carboxylic acid groups (broad SMARTS) is 1. The van der Waals surface area contributed by atoms with Crippen molar-refractivity contribution in [3.63, 3.8) is 0 Å². The monoisotopic (exact) mass is 340 g/mol. The van der Waals surface area contributed by atoms with Crippen molar-refractivity contribution >= 4 is 13.8 Å². The van der Waals surface area contributed by atoms with Gasteiger partial charge in [-0.05, 0) is 13.3 Å². The van der Waals surface area contributed by atoms with Gasteiger partial charge in [0.25, 0.3) is 0 Å². The number of aliphatic carboxylic acids is 1. The lowest BCUT2D eigenvalue weighted by molar-refractivity contribution is -0.162. The number of carbonyl (C=O) groups is 1. The summed E-state index contributed by atoms with van der Waals surface area (Å²) in [6.07, 6.45) is 9.09. The smallest absolute Gasteiger partial charge is 0.478 e. The van der Waals surface area contributed by atoms with E-state index in [2.05, 4.69) is 22.7 Å². The molecule has 0 radical (unpaired) electrons. The van der Waals surface area contributed by atoms with Gasteiger partial charge in [0.15, 0.2) is 0 Å². The molecule has 0 aliphatic rings. The molecular weight excluding hydrogens is 311 g/mol. The zero-order chi connectivity index (χ0) is 17.4. The van der Waals surface area contributed by atoms with Gasteiger partial charge in [-0.1, -0.05) is 58.4 Å². The van der Waals surface area contributed by atoms with E-state index in [0.29, 0.717) is 6.42 Å². The lowest BCUT2D eigenvalue weighted by atomic mass is 10.1. The molecule has 0 aliphatic carbocycles. The second-order valence-corrected chi connectivity index (χ2v) is 6.30. The number of unbranched alkanes of at least 4 members (excludes halogenated alkanes) is 7. The molecule has 0 aromatic rings. The first-order valence-electron chi connectivity index (χ1n) is 7.46. The van der Waals surface area contributed by atoms with Crippen LogP contribution in [-0.2, 0) is 18.6 Å². The maximum Gasteiger partial charge on any atom is 0.499 e. The molecular formula is C14H29O7P. The summed E-state index contributed by atoms with van der Waals surface area (Å²) in [5.41, 5.74) is 0.176. The minimum absolute atomic E-state index is 0.142. The van der Waals surface area contributed by atoms with Crippen LogP contribution in [0.15, 0.2) is 12.2 Å². The van der Waals surface area contributed by atoms with E-state index in [-0.39, 0.29) is 12.2 Å². The van der Waals surface area contributed by atoms with E-state index in [1.54, 1.807) is 0 Å². The van der Waals surface area contributed by atoms with E-state index in [1.165, 1.54) is 39.0 Å². The number of hydrogen-bond acceptors (Lipinski definition) is 5. The normalized spacial score (nSPS) is 12.9. The Kier molecular flexibility index (Phi) is 16.3. The molecule has 7 nitrogen and oxygen atoms in total. The standard InChI is InChI=1S/C10H23O5P.C4H6O2/c1-2-3-4-5-6-7-8-9-10-14-16(12,13)15-11;1-3(2)4(5)6/h11H,2-10H2,1H3,(H,12,13);1H2,2H3,(H,5,6). The fourth-order valence-corrected chi connectivity index (χ4v) is 1.85. The molecule has 0 amide bonds. The highest BCUT2D eigenvalue weighted by Gasteiger charge is 2.19. The fraction of sp³-hybridized carbons (Fsp3) is 0.786. The predicted molar refractivity (Wildman–Crippen MR) is 84.6 cm³/mol. The average molecular weight is 340 g/mol. The van der Waals surface area contributed by atoms with Crippen LogP contribution in [0, 0.1) is 0 Å². The van der Waals surface area contributed by atoms with Gasteiger partial charge in [0.2, 0.25) is 0 Å². The van der Waals surface area contributed by atoms with Gasteiger partial charge < -0.3 is 10.00 Å². The summed E-state index contributed by atoms with van der Waals surface area (Å²) >= 11 is 0. The summed E-state index contributed by atoms with van der Waals surface area (Å²) in [7, 11) is -4.19. The van der Waals surface area contributed by atoms with Crippen molar-refractivity contribution in [3.8, 4) is 0 Å². The number of phosphoric acid groups is 1. The van der Waals surface area contributed by atoms with Gasteiger partial charge in [-0.2, -0.15) is 0 Å². The van der Waals surface area contributed by atoms with Crippen LogP contribution in [0.2, 0.25) is 0 Å². The van der Waals surface area contributed by atoms with Crippen LogP contribution >= 0.6 is 7.82 Å². The molecule has 0 aromatic carbocycles. The zero-order valence-corrected chi connectivity index (χ0v) is 14.4. The van der Waals surface area contributed by atoms with E-state index in [4.69, 9.17) is 15.3 Å². The number of phosphoric ester groups is 1. The van der Waals surface area contributed by atoms with Gasteiger partial charge >= 0.3 is 13.8 Å². The van der Waals surface area contributed by atoms with Gasteiger partial charge in [-0.25, -0.2) is 14.6 Å². The van der Waals surface area contributed by atoms with Crippen molar-refractivity contribution in [2.45, 2.75) is 65.2 Å². The second-order valence-electron chi connectivity index (χ2n) is 4.94. The van der Waals surface area contributed by atoms with Crippen LogP contribution < -0.4 is 0 Å². The molecule has 0 saturated heterocycles. The Morgan fingerprint density at radius 2 is 1.50 bits per heavy atom. The van der Waals surface area contributed by atoms with Crippen molar-refractivity contribution < 1.29 is 33.8 Å². The fourth-order valence-electron chi connectivity index (χ4n) is 1.44. The highest BCUT2D eigenvalue weighted by atomic mass is 31.2. The van der Waals surface area contributed by atoms with E-state index in [0.717, 1.165) is 12.8 Å². The summed E-state index contributed by atoms with van der Waals surface area (Å²) in [5.74, 6) is -0.935. The average Bonchev–Trinajstić information content (AvgIpc) is 2.46. The number of carboxylic acids is 1. The molecule has 0 heterocycles. The Balaban J connectivity index is 0. The van der Waals surface area contributed by atoms with E-state index in [9.17, 15) is 9.36 Å². The molecule has 0 aliphatic heterocycles. The Hall–Kier alpha value is -0.720. The molecule has 1 atom stereocenters. The molecule has 132 valence electrons. The molecule has 0 saturated carbocycles. The summed E-state index contributed by atoms with van der Waals surface area (Å²) in [5, 5.41) is 15.9. The van der Waals surface area contributed by atoms with Crippen LogP contribution in [0.1, 0.15) is 65.2 Å². The highest BCUT2D eigenvalue weighted by Crippen LogP contribution is 2.41. The first kappa shape index (κ1) is 23.5. The van der Waals surface area contributed by atoms with Crippen LogP contribution in [0.3, 0.4) is 0 Å². The van der Waals surface area contributed by atoms with E-state index in [1.807, 2.05) is 0 Å². The van der Waals surface area contributed by atoms with Crippen LogP contribution in [0.25, 0.3) is 0 Å². The van der Waals surface area contributed by atoms with Crippen LogP contribution in [0.4, 0.5) is 0 Å². The first-order valence-corrected chi connectivity index (χ1v) is 8.95. The second kappa shape index (κ2) is 15.2. The molecule has 1 unspecified atom stereocenters. The first-order chi connectivity index (χ1) is 10.3. The Morgan fingerprint density at radius 3 is 1.86 bits per heavy atom. The zero-order valence-electron chi connectivity index (χ0n) is 13.5. The molecule has 22 heavy (non-hydrogen) atoms. The third-order valence-electron chi connectivity index (χ3n) is 2.72. The van der Waals surface area contributed by atoms with Gasteiger partial charge in [0, 0.05) is 5.57 Å². The van der Waals surface area contributed by atoms with Gasteiger partial charge in [-0.15, -0.1) is 4.67 Å².